The maximum atomic E-state index is 10.0. The minimum absolute atomic E-state index is 0.609. The maximum Gasteiger partial charge on any atom is 0.332 e. The number of ether oxygens (including phenoxy) is 1. The van der Waals surface area contributed by atoms with Crippen molar-refractivity contribution in [1.29, 1.82) is 0 Å². The third-order valence-electron chi connectivity index (χ3n) is 3.72. The van der Waals surface area contributed by atoms with E-state index in [4.69, 9.17) is 9.39 Å². The highest BCUT2D eigenvalue weighted by atomic mass is 16.5. The Balaban J connectivity index is 2.42. The minimum atomic E-state index is -0.938. The summed E-state index contributed by atoms with van der Waals surface area (Å²) in [6, 6.07) is 3.71. The number of rotatable bonds is 9. The van der Waals surface area contributed by atoms with Gasteiger partial charge < -0.3 is 19.4 Å². The zero-order chi connectivity index (χ0) is 16.8. The number of aliphatic hydroxyl groups is 1. The molecule has 1 radical (unpaired) electrons. The van der Waals surface area contributed by atoms with Crippen LogP contribution in [0.3, 0.4) is 0 Å². The largest absolute Gasteiger partial charge is 0.478 e. The lowest BCUT2D eigenvalue weighted by molar-refractivity contribution is -0.0893. The fourth-order valence-corrected chi connectivity index (χ4v) is 1.46. The molecule has 0 unspecified atom stereocenters. The molecular formula is C16H28BN2O3. The molecule has 0 fully saturated rings. The molecule has 0 aliphatic carbocycles. The molecule has 0 bridgehead atoms. The molecule has 1 aromatic rings. The van der Waals surface area contributed by atoms with Crippen LogP contribution in [-0.2, 0) is 4.65 Å². The highest BCUT2D eigenvalue weighted by molar-refractivity contribution is 6.46. The smallest absolute Gasteiger partial charge is 0.332 e. The number of hydrogen-bond donors (Lipinski definition) is 1. The molecule has 0 aliphatic rings. The first-order valence-electron chi connectivity index (χ1n) is 7.59. The van der Waals surface area contributed by atoms with Crippen molar-refractivity contribution in [3.8, 4) is 5.88 Å². The summed E-state index contributed by atoms with van der Waals surface area (Å²) >= 11 is 0. The Morgan fingerprint density at radius 2 is 1.91 bits per heavy atom. The Hall–Kier alpha value is -1.11. The van der Waals surface area contributed by atoms with Crippen molar-refractivity contribution in [1.82, 2.24) is 9.88 Å². The van der Waals surface area contributed by atoms with E-state index < -0.39 is 11.2 Å². The van der Waals surface area contributed by atoms with Gasteiger partial charge in [0.2, 0.25) is 5.88 Å². The van der Waals surface area contributed by atoms with Gasteiger partial charge in [0.25, 0.3) is 0 Å². The predicted molar refractivity (Wildman–Crippen MR) is 89.8 cm³/mol. The highest BCUT2D eigenvalue weighted by Gasteiger charge is 2.35. The normalized spacial score (nSPS) is 12.5. The van der Waals surface area contributed by atoms with E-state index in [0.29, 0.717) is 12.5 Å². The molecule has 1 rings (SSSR count). The third kappa shape index (κ3) is 6.34. The summed E-state index contributed by atoms with van der Waals surface area (Å²) < 4.78 is 11.3. The van der Waals surface area contributed by atoms with Gasteiger partial charge in [-0.25, -0.2) is 4.98 Å². The van der Waals surface area contributed by atoms with Crippen molar-refractivity contribution in [2.75, 3.05) is 27.2 Å². The number of pyridine rings is 1. The summed E-state index contributed by atoms with van der Waals surface area (Å²) in [5.41, 5.74) is -0.793. The van der Waals surface area contributed by atoms with Crippen molar-refractivity contribution in [3.63, 3.8) is 0 Å². The quantitative estimate of drug-likeness (QED) is 0.549. The molecule has 1 N–H and O–H groups in total. The SMILES string of the molecule is CN(C)CCCOc1ccc([B]OC(C)(C)C(C)(C)O)cn1. The topological polar surface area (TPSA) is 54.8 Å². The van der Waals surface area contributed by atoms with Crippen LogP contribution in [0.1, 0.15) is 34.1 Å². The molecule has 22 heavy (non-hydrogen) atoms. The van der Waals surface area contributed by atoms with Gasteiger partial charge in [-0.2, -0.15) is 0 Å². The van der Waals surface area contributed by atoms with E-state index in [9.17, 15) is 5.11 Å². The lowest BCUT2D eigenvalue weighted by atomic mass is 9.83. The van der Waals surface area contributed by atoms with E-state index in [1.165, 1.54) is 0 Å². The van der Waals surface area contributed by atoms with Gasteiger partial charge in [0.05, 0.1) is 17.8 Å². The third-order valence-corrected chi connectivity index (χ3v) is 3.72. The summed E-state index contributed by atoms with van der Waals surface area (Å²) in [5, 5.41) is 10.0. The molecule has 0 atom stereocenters. The lowest BCUT2D eigenvalue weighted by Crippen LogP contribution is -2.49. The second-order valence-electron chi connectivity index (χ2n) is 6.74. The van der Waals surface area contributed by atoms with Crippen LogP contribution in [0.5, 0.6) is 5.88 Å². The van der Waals surface area contributed by atoms with Crippen LogP contribution in [0.25, 0.3) is 0 Å². The Labute approximate surface area is 134 Å². The van der Waals surface area contributed by atoms with Crippen molar-refractivity contribution in [2.45, 2.75) is 45.3 Å². The zero-order valence-corrected chi connectivity index (χ0v) is 14.6. The summed E-state index contributed by atoms with van der Waals surface area (Å²) in [6.07, 6.45) is 2.66. The first kappa shape index (κ1) is 18.9. The molecule has 123 valence electrons. The molecule has 0 aromatic carbocycles. The van der Waals surface area contributed by atoms with Crippen LogP contribution in [0.15, 0.2) is 18.3 Å². The average Bonchev–Trinajstić information content (AvgIpc) is 2.41. The molecule has 0 aliphatic heterocycles. The molecule has 5 nitrogen and oxygen atoms in total. The first-order chi connectivity index (χ1) is 10.1. The summed E-state index contributed by atoms with van der Waals surface area (Å²) in [4.78, 5) is 6.37. The fourth-order valence-electron chi connectivity index (χ4n) is 1.46. The number of aromatic nitrogens is 1. The van der Waals surface area contributed by atoms with E-state index >= 15 is 0 Å². The Morgan fingerprint density at radius 3 is 2.41 bits per heavy atom. The standard InChI is InChI=1S/C16H28BN2O3/c1-15(2,20)16(3,4)22-17-13-8-9-14(18-12-13)21-11-7-10-19(5)6/h8-9,12,20H,7,10-11H2,1-6H3. The lowest BCUT2D eigenvalue weighted by Gasteiger charge is -2.37. The number of hydrogen-bond acceptors (Lipinski definition) is 5. The maximum absolute atomic E-state index is 10.0. The van der Waals surface area contributed by atoms with Crippen LogP contribution >= 0.6 is 0 Å². The Kier molecular flexibility index (Phi) is 6.84. The average molecular weight is 307 g/mol. The molecule has 1 aromatic heterocycles. The number of nitrogens with zero attached hydrogens (tertiary/aromatic N) is 2. The van der Waals surface area contributed by atoms with Crippen molar-refractivity contribution in [3.05, 3.63) is 18.3 Å². The Bertz CT molecular complexity index is 442. The summed E-state index contributed by atoms with van der Waals surface area (Å²) in [7, 11) is 5.69. The predicted octanol–water partition coefficient (Wildman–Crippen LogP) is 1.22. The van der Waals surface area contributed by atoms with Crippen LogP contribution in [0.4, 0.5) is 0 Å². The molecule has 0 amide bonds. The highest BCUT2D eigenvalue weighted by Crippen LogP contribution is 2.24. The van der Waals surface area contributed by atoms with Crippen molar-refractivity contribution < 1.29 is 14.5 Å². The molecule has 6 heteroatoms. The first-order valence-corrected chi connectivity index (χ1v) is 7.59. The molecule has 0 saturated carbocycles. The van der Waals surface area contributed by atoms with Crippen molar-refractivity contribution in [2.24, 2.45) is 0 Å². The van der Waals surface area contributed by atoms with Crippen LogP contribution in [0.2, 0.25) is 0 Å². The second kappa shape index (κ2) is 7.95. The van der Waals surface area contributed by atoms with Gasteiger partial charge in [-0.15, -0.1) is 0 Å². The van der Waals surface area contributed by atoms with E-state index in [1.54, 1.807) is 27.5 Å². The van der Waals surface area contributed by atoms with Gasteiger partial charge in [0.1, 0.15) is 0 Å². The Morgan fingerprint density at radius 1 is 1.23 bits per heavy atom. The molecular weight excluding hydrogens is 279 g/mol. The fraction of sp³-hybridized carbons (Fsp3) is 0.688. The van der Waals surface area contributed by atoms with E-state index in [1.807, 2.05) is 40.1 Å². The van der Waals surface area contributed by atoms with Gasteiger partial charge in [-0.3, -0.25) is 0 Å². The summed E-state index contributed by atoms with van der Waals surface area (Å²) in [6.45, 7) is 8.79. The van der Waals surface area contributed by atoms with Gasteiger partial charge in [-0.1, -0.05) is 6.07 Å². The molecule has 0 saturated heterocycles. The van der Waals surface area contributed by atoms with Gasteiger partial charge in [-0.05, 0) is 59.7 Å². The second-order valence-corrected chi connectivity index (χ2v) is 6.74. The van der Waals surface area contributed by atoms with Gasteiger partial charge in [0, 0.05) is 12.7 Å². The van der Waals surface area contributed by atoms with Crippen molar-refractivity contribution >= 4 is 12.9 Å². The molecule has 1 heterocycles. The minimum Gasteiger partial charge on any atom is -0.478 e. The van der Waals surface area contributed by atoms with Gasteiger partial charge >= 0.3 is 7.48 Å². The van der Waals surface area contributed by atoms with E-state index in [2.05, 4.69) is 9.88 Å². The summed E-state index contributed by atoms with van der Waals surface area (Å²) in [5.74, 6) is 0.609. The van der Waals surface area contributed by atoms with Crippen LogP contribution in [0, 0.1) is 0 Å². The molecule has 0 spiro atoms. The van der Waals surface area contributed by atoms with Crippen LogP contribution in [-0.4, -0.2) is 60.9 Å². The van der Waals surface area contributed by atoms with Gasteiger partial charge in [0.15, 0.2) is 0 Å². The van der Waals surface area contributed by atoms with E-state index in [-0.39, 0.29) is 0 Å². The van der Waals surface area contributed by atoms with Crippen LogP contribution < -0.4 is 10.2 Å². The van der Waals surface area contributed by atoms with E-state index in [0.717, 1.165) is 18.4 Å². The monoisotopic (exact) mass is 307 g/mol. The zero-order valence-electron chi connectivity index (χ0n) is 14.6.